The van der Waals surface area contributed by atoms with Crippen molar-refractivity contribution in [2.45, 2.75) is 13.2 Å². The summed E-state index contributed by atoms with van der Waals surface area (Å²) in [5, 5.41) is 14.8. The number of aromatic hydroxyl groups is 1. The van der Waals surface area contributed by atoms with E-state index in [1.54, 1.807) is 18.2 Å². The monoisotopic (exact) mass is 553 g/mol. The standard InChI is InChI=1S/C29H27N3O4.2ClH/c33-24-10-9-22-28(34)26(36-29(22)23(24)17-32-13-11-30-12-14-32)15-20-16-31-27-21(20)7-4-8-25(27)35-18-19-5-2-1-3-6-19;;/h1-10,15-16,30-31,33H,11-14,17-18H2;2*1H. The van der Waals surface area contributed by atoms with Crippen molar-refractivity contribution < 1.29 is 19.4 Å². The summed E-state index contributed by atoms with van der Waals surface area (Å²) in [5.74, 6) is 1.40. The lowest BCUT2D eigenvalue weighted by atomic mass is 10.0. The predicted octanol–water partition coefficient (Wildman–Crippen LogP) is 5.32. The number of Topliss-reactive ketones (excluding diaryl/α,β-unsaturated/α-hetero) is 1. The minimum Gasteiger partial charge on any atom is -0.507 e. The predicted molar refractivity (Wildman–Crippen MR) is 153 cm³/mol. The van der Waals surface area contributed by atoms with Crippen molar-refractivity contribution in [1.29, 1.82) is 0 Å². The zero-order chi connectivity index (χ0) is 24.5. The first-order valence-corrected chi connectivity index (χ1v) is 12.2. The molecule has 0 radical (unpaired) electrons. The van der Waals surface area contributed by atoms with Crippen LogP contribution in [0.25, 0.3) is 17.0 Å². The second kappa shape index (κ2) is 11.9. The SMILES string of the molecule is Cl.Cl.O=C1C(=Cc2c[nH]c3c(OCc4ccccc4)cccc23)Oc2c1ccc(O)c2CN1CCNCC1. The lowest BCUT2D eigenvalue weighted by molar-refractivity contribution is 0.101. The summed E-state index contributed by atoms with van der Waals surface area (Å²) in [4.78, 5) is 18.7. The fourth-order valence-corrected chi connectivity index (χ4v) is 4.81. The summed E-state index contributed by atoms with van der Waals surface area (Å²) < 4.78 is 12.2. The Kier molecular flexibility index (Phi) is 8.64. The van der Waals surface area contributed by atoms with Crippen molar-refractivity contribution in [3.05, 3.63) is 94.9 Å². The number of benzene rings is 3. The summed E-state index contributed by atoms with van der Waals surface area (Å²) in [7, 11) is 0. The van der Waals surface area contributed by atoms with Crippen LogP contribution in [0.3, 0.4) is 0 Å². The average molecular weight is 554 g/mol. The van der Waals surface area contributed by atoms with Crippen molar-refractivity contribution in [3.8, 4) is 17.2 Å². The summed E-state index contributed by atoms with van der Waals surface area (Å²) >= 11 is 0. The zero-order valence-electron chi connectivity index (χ0n) is 20.6. The number of nitrogens with one attached hydrogen (secondary N) is 2. The van der Waals surface area contributed by atoms with Gasteiger partial charge < -0.3 is 24.9 Å². The van der Waals surface area contributed by atoms with E-state index < -0.39 is 0 Å². The Morgan fingerprint density at radius 2 is 1.79 bits per heavy atom. The second-order valence-electron chi connectivity index (χ2n) is 9.10. The first-order chi connectivity index (χ1) is 17.7. The lowest BCUT2D eigenvalue weighted by Gasteiger charge is -2.27. The number of rotatable bonds is 6. The molecular formula is C29H29Cl2N3O4. The average Bonchev–Trinajstić information content (AvgIpc) is 3.47. The molecule has 7 nitrogen and oxygen atoms in total. The molecule has 4 aromatic rings. The van der Waals surface area contributed by atoms with Gasteiger partial charge in [-0.2, -0.15) is 0 Å². The number of hydrogen-bond acceptors (Lipinski definition) is 6. The number of fused-ring (bicyclic) bond motifs is 2. The molecule has 0 amide bonds. The maximum Gasteiger partial charge on any atom is 0.231 e. The quantitative estimate of drug-likeness (QED) is 0.280. The molecule has 0 atom stereocenters. The maximum atomic E-state index is 13.2. The number of piperazine rings is 1. The summed E-state index contributed by atoms with van der Waals surface area (Å²) in [6, 6.07) is 19.1. The Morgan fingerprint density at radius 3 is 2.58 bits per heavy atom. The van der Waals surface area contributed by atoms with E-state index in [9.17, 15) is 9.90 Å². The Morgan fingerprint density at radius 1 is 1.00 bits per heavy atom. The third-order valence-electron chi connectivity index (χ3n) is 6.74. The highest BCUT2D eigenvalue weighted by Crippen LogP contribution is 2.40. The molecule has 2 aliphatic heterocycles. The molecule has 0 saturated carbocycles. The van der Waals surface area contributed by atoms with Gasteiger partial charge in [-0.1, -0.05) is 42.5 Å². The second-order valence-corrected chi connectivity index (χ2v) is 9.10. The number of nitrogens with zero attached hydrogens (tertiary/aromatic N) is 1. The van der Waals surface area contributed by atoms with E-state index in [4.69, 9.17) is 9.47 Å². The number of hydrogen-bond donors (Lipinski definition) is 3. The van der Waals surface area contributed by atoms with Gasteiger partial charge in [0, 0.05) is 49.9 Å². The maximum absolute atomic E-state index is 13.2. The van der Waals surface area contributed by atoms with Crippen LogP contribution in [0.2, 0.25) is 0 Å². The number of carbonyl (C=O) groups excluding carboxylic acids is 1. The third-order valence-corrected chi connectivity index (χ3v) is 6.74. The number of ketones is 1. The van der Waals surface area contributed by atoms with Crippen LogP contribution >= 0.6 is 24.8 Å². The highest BCUT2D eigenvalue weighted by molar-refractivity contribution is 6.15. The molecule has 38 heavy (non-hydrogen) atoms. The summed E-state index contributed by atoms with van der Waals surface area (Å²) in [5.41, 5.74) is 3.92. The molecule has 198 valence electrons. The van der Waals surface area contributed by atoms with Crippen molar-refractivity contribution in [3.63, 3.8) is 0 Å². The smallest absolute Gasteiger partial charge is 0.231 e. The number of aromatic nitrogens is 1. The van der Waals surface area contributed by atoms with E-state index in [0.29, 0.717) is 30.0 Å². The molecule has 3 heterocycles. The largest absolute Gasteiger partial charge is 0.507 e. The van der Waals surface area contributed by atoms with Crippen LogP contribution in [-0.4, -0.2) is 47.0 Å². The van der Waals surface area contributed by atoms with Gasteiger partial charge in [-0.3, -0.25) is 9.69 Å². The Labute approximate surface area is 233 Å². The molecule has 6 rings (SSSR count). The molecular weight excluding hydrogens is 525 g/mol. The van der Waals surface area contributed by atoms with Crippen molar-refractivity contribution in [2.24, 2.45) is 0 Å². The van der Waals surface area contributed by atoms with Gasteiger partial charge in [0.05, 0.1) is 16.6 Å². The number of aromatic amines is 1. The van der Waals surface area contributed by atoms with Crippen LogP contribution in [0, 0.1) is 0 Å². The van der Waals surface area contributed by atoms with Gasteiger partial charge in [0.1, 0.15) is 23.9 Å². The van der Waals surface area contributed by atoms with E-state index in [0.717, 1.165) is 54.0 Å². The van der Waals surface area contributed by atoms with Gasteiger partial charge in [-0.05, 0) is 29.8 Å². The van der Waals surface area contributed by atoms with Gasteiger partial charge in [-0.25, -0.2) is 0 Å². The minimum atomic E-state index is -0.183. The molecule has 2 aliphatic rings. The van der Waals surface area contributed by atoms with Crippen LogP contribution < -0.4 is 14.8 Å². The normalized spacial score (nSPS) is 16.0. The zero-order valence-corrected chi connectivity index (χ0v) is 22.2. The van der Waals surface area contributed by atoms with Gasteiger partial charge >= 0.3 is 0 Å². The highest BCUT2D eigenvalue weighted by atomic mass is 35.5. The molecule has 0 bridgehead atoms. The number of H-pyrrole nitrogens is 1. The van der Waals surface area contributed by atoms with Gasteiger partial charge in [-0.15, -0.1) is 24.8 Å². The van der Waals surface area contributed by atoms with Crippen molar-refractivity contribution in [1.82, 2.24) is 15.2 Å². The Balaban J connectivity index is 0.00000168. The molecule has 0 spiro atoms. The van der Waals surface area contributed by atoms with Crippen molar-refractivity contribution in [2.75, 3.05) is 26.2 Å². The fourth-order valence-electron chi connectivity index (χ4n) is 4.81. The molecule has 9 heteroatoms. The van der Waals surface area contributed by atoms with E-state index in [2.05, 4.69) is 15.2 Å². The van der Waals surface area contributed by atoms with E-state index >= 15 is 0 Å². The number of phenolic OH excluding ortho intramolecular Hbond substituents is 1. The third kappa shape index (κ3) is 5.37. The number of phenols is 1. The molecule has 1 fully saturated rings. The van der Waals surface area contributed by atoms with Gasteiger partial charge in [0.15, 0.2) is 5.76 Å². The van der Waals surface area contributed by atoms with Crippen LogP contribution in [0.15, 0.2) is 72.6 Å². The summed E-state index contributed by atoms with van der Waals surface area (Å²) in [6.45, 7) is 4.56. The summed E-state index contributed by atoms with van der Waals surface area (Å²) in [6.07, 6.45) is 3.61. The highest BCUT2D eigenvalue weighted by Gasteiger charge is 2.32. The van der Waals surface area contributed by atoms with E-state index in [-0.39, 0.29) is 42.1 Å². The van der Waals surface area contributed by atoms with E-state index in [1.165, 1.54) is 0 Å². The molecule has 1 saturated heterocycles. The van der Waals surface area contributed by atoms with E-state index in [1.807, 2.05) is 54.7 Å². The van der Waals surface area contributed by atoms with Crippen LogP contribution in [0.4, 0.5) is 0 Å². The Hall–Kier alpha value is -3.49. The number of halogens is 2. The Bertz CT molecular complexity index is 1460. The van der Waals surface area contributed by atoms with Gasteiger partial charge in [0.25, 0.3) is 0 Å². The molecule has 3 aromatic carbocycles. The number of para-hydroxylation sites is 1. The molecule has 1 aromatic heterocycles. The molecule has 0 unspecified atom stereocenters. The minimum absolute atomic E-state index is 0. The molecule has 0 aliphatic carbocycles. The van der Waals surface area contributed by atoms with Crippen LogP contribution in [0.1, 0.15) is 27.0 Å². The van der Waals surface area contributed by atoms with Crippen molar-refractivity contribution >= 4 is 47.6 Å². The molecule has 3 N–H and O–H groups in total. The lowest BCUT2D eigenvalue weighted by Crippen LogP contribution is -2.42. The number of allylic oxidation sites excluding steroid dienone is 1. The topological polar surface area (TPSA) is 86.8 Å². The first kappa shape index (κ1) is 27.5. The van der Waals surface area contributed by atoms with Gasteiger partial charge in [0.2, 0.25) is 5.78 Å². The van der Waals surface area contributed by atoms with Crippen LogP contribution in [-0.2, 0) is 13.2 Å². The number of ether oxygens (including phenoxy) is 2. The van der Waals surface area contributed by atoms with Crippen LogP contribution in [0.5, 0.6) is 17.2 Å². The fraction of sp³-hybridized carbons (Fsp3) is 0.207. The number of carbonyl (C=O) groups is 1. The first-order valence-electron chi connectivity index (χ1n) is 12.2.